The first kappa shape index (κ1) is 17.4. The Balaban J connectivity index is 1.94. The van der Waals surface area contributed by atoms with Gasteiger partial charge in [-0.25, -0.2) is 0 Å². The molecular weight excluding hydrogens is 354 g/mol. The second kappa shape index (κ2) is 7.63. The molecule has 0 spiro atoms. The van der Waals surface area contributed by atoms with Crippen molar-refractivity contribution >= 4 is 46.3 Å². The molecule has 0 aliphatic carbocycles. The zero-order valence-corrected chi connectivity index (χ0v) is 14.8. The highest BCUT2D eigenvalue weighted by Gasteiger charge is 2.37. The van der Waals surface area contributed by atoms with Crippen molar-refractivity contribution in [2.45, 2.75) is 12.5 Å². The maximum absolute atomic E-state index is 12.9. The first-order valence-corrected chi connectivity index (χ1v) is 8.85. The van der Waals surface area contributed by atoms with Gasteiger partial charge in [-0.15, -0.1) is 0 Å². The van der Waals surface area contributed by atoms with Crippen molar-refractivity contribution in [1.82, 2.24) is 4.90 Å². The molecule has 0 aromatic heterocycles. The first-order chi connectivity index (χ1) is 12.1. The van der Waals surface area contributed by atoms with E-state index in [-0.39, 0.29) is 12.3 Å². The van der Waals surface area contributed by atoms with Crippen molar-refractivity contribution in [3.63, 3.8) is 0 Å². The summed E-state index contributed by atoms with van der Waals surface area (Å²) in [6.45, 7) is 0. The molecule has 3 rings (SSSR count). The summed E-state index contributed by atoms with van der Waals surface area (Å²) in [4.78, 5) is 25.9. The van der Waals surface area contributed by atoms with E-state index >= 15 is 0 Å². The van der Waals surface area contributed by atoms with E-state index in [1.807, 2.05) is 36.4 Å². The smallest absolute Gasteiger partial charge is 0.266 e. The third-order valence-electron chi connectivity index (χ3n) is 3.78. The van der Waals surface area contributed by atoms with Gasteiger partial charge in [0.05, 0.1) is 10.9 Å². The van der Waals surface area contributed by atoms with Crippen LogP contribution in [0.4, 0.5) is 0 Å². The molecule has 0 saturated carbocycles. The molecule has 0 N–H and O–H groups in total. The van der Waals surface area contributed by atoms with E-state index in [2.05, 4.69) is 0 Å². The minimum atomic E-state index is -1.23. The zero-order chi connectivity index (χ0) is 17.8. The highest BCUT2D eigenvalue weighted by Crippen LogP contribution is 2.39. The average molecular weight is 368 g/mol. The van der Waals surface area contributed by atoms with Gasteiger partial charge in [0.25, 0.3) is 5.91 Å². The standard InChI is InChI=1S/C19H15NO3S2/c21-17(22)12-15(14-9-5-2-6-10-14)20-18(23)16(25-19(20)24)11-13-7-3-1-4-8-13/h1-11,15H,12H2,(H,21,22)/p-1/b16-11-/t15-/m0/s1. The van der Waals surface area contributed by atoms with E-state index in [1.54, 1.807) is 30.3 Å². The lowest BCUT2D eigenvalue weighted by atomic mass is 10.0. The molecule has 2 aromatic rings. The summed E-state index contributed by atoms with van der Waals surface area (Å²) in [5, 5.41) is 11.2. The molecule has 1 amide bonds. The van der Waals surface area contributed by atoms with Crippen molar-refractivity contribution in [3.05, 3.63) is 76.7 Å². The molecule has 0 radical (unpaired) electrons. The number of carboxylic acid groups (broad SMARTS) is 1. The molecular formula is C19H14NO3S2-. The van der Waals surface area contributed by atoms with Crippen molar-refractivity contribution in [2.75, 3.05) is 0 Å². The van der Waals surface area contributed by atoms with Gasteiger partial charge in [-0.1, -0.05) is 84.6 Å². The molecule has 126 valence electrons. The third kappa shape index (κ3) is 3.97. The minimum Gasteiger partial charge on any atom is -0.550 e. The normalized spacial score (nSPS) is 17.1. The fourth-order valence-electron chi connectivity index (χ4n) is 2.64. The van der Waals surface area contributed by atoms with Crippen molar-refractivity contribution in [2.24, 2.45) is 0 Å². The molecule has 6 heteroatoms. The molecule has 1 aliphatic heterocycles. The van der Waals surface area contributed by atoms with Crippen molar-refractivity contribution < 1.29 is 14.7 Å². The van der Waals surface area contributed by atoms with Crippen LogP contribution in [0.25, 0.3) is 6.08 Å². The van der Waals surface area contributed by atoms with Crippen LogP contribution in [0.2, 0.25) is 0 Å². The Kier molecular flexibility index (Phi) is 5.31. The van der Waals surface area contributed by atoms with Crippen LogP contribution in [0.5, 0.6) is 0 Å². The monoisotopic (exact) mass is 368 g/mol. The highest BCUT2D eigenvalue weighted by molar-refractivity contribution is 8.26. The lowest BCUT2D eigenvalue weighted by Gasteiger charge is -2.27. The Morgan fingerprint density at radius 1 is 1.12 bits per heavy atom. The predicted molar refractivity (Wildman–Crippen MR) is 100 cm³/mol. The topological polar surface area (TPSA) is 60.4 Å². The first-order valence-electron chi connectivity index (χ1n) is 7.63. The summed E-state index contributed by atoms with van der Waals surface area (Å²) in [6, 6.07) is 17.8. The summed E-state index contributed by atoms with van der Waals surface area (Å²) in [6.07, 6.45) is 1.45. The van der Waals surface area contributed by atoms with Gasteiger partial charge in [0.15, 0.2) is 0 Å². The van der Waals surface area contributed by atoms with Crippen molar-refractivity contribution in [3.8, 4) is 0 Å². The largest absolute Gasteiger partial charge is 0.550 e. The molecule has 2 aromatic carbocycles. The fourth-order valence-corrected chi connectivity index (χ4v) is 4.00. The van der Waals surface area contributed by atoms with Gasteiger partial charge in [0.2, 0.25) is 0 Å². The summed E-state index contributed by atoms with van der Waals surface area (Å²) < 4.78 is 0.349. The number of carbonyl (C=O) groups excluding carboxylic acids is 2. The number of benzene rings is 2. The number of nitrogens with zero attached hydrogens (tertiary/aromatic N) is 1. The molecule has 1 aliphatic rings. The van der Waals surface area contributed by atoms with Crippen LogP contribution in [-0.2, 0) is 9.59 Å². The molecule has 1 heterocycles. The number of thiocarbonyl (C=S) groups is 1. The van der Waals surface area contributed by atoms with Gasteiger partial charge in [-0.3, -0.25) is 9.69 Å². The predicted octanol–water partition coefficient (Wildman–Crippen LogP) is 2.77. The lowest BCUT2D eigenvalue weighted by Crippen LogP contribution is -2.37. The summed E-state index contributed by atoms with van der Waals surface area (Å²) in [5.41, 5.74) is 1.60. The molecule has 4 nitrogen and oxygen atoms in total. The molecule has 25 heavy (non-hydrogen) atoms. The summed E-state index contributed by atoms with van der Waals surface area (Å²) in [5.74, 6) is -1.51. The number of aliphatic carboxylic acids is 1. The van der Waals surface area contributed by atoms with Gasteiger partial charge in [-0.2, -0.15) is 0 Å². The van der Waals surface area contributed by atoms with Crippen LogP contribution in [-0.4, -0.2) is 21.1 Å². The number of carboxylic acids is 1. The zero-order valence-electron chi connectivity index (χ0n) is 13.1. The Bertz CT molecular complexity index is 834. The van der Waals surface area contributed by atoms with Crippen LogP contribution >= 0.6 is 24.0 Å². The SMILES string of the molecule is O=C([O-])C[C@@H](c1ccccc1)N1C(=O)/C(=C/c2ccccc2)SC1=S. The Morgan fingerprint density at radius 3 is 2.32 bits per heavy atom. The maximum atomic E-state index is 12.9. The quantitative estimate of drug-likeness (QED) is 0.600. The third-order valence-corrected chi connectivity index (χ3v) is 5.11. The number of hydrogen-bond donors (Lipinski definition) is 0. The number of amides is 1. The summed E-state index contributed by atoms with van der Waals surface area (Å²) in [7, 11) is 0. The van der Waals surface area contributed by atoms with Gasteiger partial charge < -0.3 is 9.90 Å². The van der Waals surface area contributed by atoms with Gasteiger partial charge in [0.1, 0.15) is 4.32 Å². The van der Waals surface area contributed by atoms with Crippen LogP contribution in [0.3, 0.4) is 0 Å². The molecule has 0 unspecified atom stereocenters. The Morgan fingerprint density at radius 2 is 1.72 bits per heavy atom. The van der Waals surface area contributed by atoms with Crippen LogP contribution < -0.4 is 5.11 Å². The maximum Gasteiger partial charge on any atom is 0.266 e. The minimum absolute atomic E-state index is 0.283. The van der Waals surface area contributed by atoms with Gasteiger partial charge >= 0.3 is 0 Å². The lowest BCUT2D eigenvalue weighted by molar-refractivity contribution is -0.306. The molecule has 1 saturated heterocycles. The highest BCUT2D eigenvalue weighted by atomic mass is 32.2. The van der Waals surface area contributed by atoms with E-state index in [0.29, 0.717) is 14.8 Å². The van der Waals surface area contributed by atoms with Crippen LogP contribution in [0.15, 0.2) is 65.6 Å². The van der Waals surface area contributed by atoms with E-state index in [9.17, 15) is 14.7 Å². The number of hydrogen-bond acceptors (Lipinski definition) is 5. The Hall–Kier alpha value is -2.44. The number of carbonyl (C=O) groups is 2. The Labute approximate surface area is 155 Å². The molecule has 0 bridgehead atoms. The fraction of sp³-hybridized carbons (Fsp3) is 0.105. The van der Waals surface area contributed by atoms with Gasteiger partial charge in [-0.05, 0) is 17.2 Å². The van der Waals surface area contributed by atoms with Crippen molar-refractivity contribution in [1.29, 1.82) is 0 Å². The van der Waals surface area contributed by atoms with E-state index < -0.39 is 12.0 Å². The van der Waals surface area contributed by atoms with E-state index in [4.69, 9.17) is 12.2 Å². The number of rotatable bonds is 5. The summed E-state index contributed by atoms with van der Waals surface area (Å²) >= 11 is 6.54. The molecule has 1 fully saturated rings. The number of thioether (sulfide) groups is 1. The van der Waals surface area contributed by atoms with Gasteiger partial charge in [0, 0.05) is 12.4 Å². The van der Waals surface area contributed by atoms with Crippen LogP contribution in [0.1, 0.15) is 23.6 Å². The average Bonchev–Trinajstić information content (AvgIpc) is 2.88. The second-order valence-electron chi connectivity index (χ2n) is 5.47. The van der Waals surface area contributed by atoms with E-state index in [0.717, 1.165) is 5.56 Å². The van der Waals surface area contributed by atoms with E-state index in [1.165, 1.54) is 16.7 Å². The molecule has 1 atom stereocenters. The van der Waals surface area contributed by atoms with Crippen LogP contribution in [0, 0.1) is 0 Å². The second-order valence-corrected chi connectivity index (χ2v) is 7.14.